The molecular formula is C14H21N3O5. The molecule has 1 aromatic heterocycles. The number of carbonyl (C=O) groups excluding carboxylic acids is 1. The molecule has 1 saturated heterocycles. The van der Waals surface area contributed by atoms with Crippen LogP contribution in [0.15, 0.2) is 17.1 Å². The van der Waals surface area contributed by atoms with Crippen LogP contribution in [-0.4, -0.2) is 48.0 Å². The summed E-state index contributed by atoms with van der Waals surface area (Å²) in [7, 11) is 3.14. The first-order chi connectivity index (χ1) is 10.5. The van der Waals surface area contributed by atoms with E-state index in [1.165, 1.54) is 17.7 Å². The number of ether oxygens (including phenoxy) is 3. The SMILES string of the molecule is CC[C@H]1O[C@@H](n2ccc(NC(C)=O)nc2=O)[C@@H](OC)C1OC. The van der Waals surface area contributed by atoms with Crippen molar-refractivity contribution in [2.24, 2.45) is 0 Å². The maximum absolute atomic E-state index is 12.2. The summed E-state index contributed by atoms with van der Waals surface area (Å²) in [6.45, 7) is 3.33. The summed E-state index contributed by atoms with van der Waals surface area (Å²) in [5.41, 5.74) is -0.523. The molecule has 0 aromatic carbocycles. The lowest BCUT2D eigenvalue weighted by molar-refractivity contribution is -0.114. The normalized spacial score (nSPS) is 27.8. The Morgan fingerprint density at radius 2 is 2.09 bits per heavy atom. The van der Waals surface area contributed by atoms with Crippen LogP contribution < -0.4 is 11.0 Å². The van der Waals surface area contributed by atoms with Crippen LogP contribution >= 0.6 is 0 Å². The second-order valence-electron chi connectivity index (χ2n) is 5.06. The Morgan fingerprint density at radius 1 is 1.41 bits per heavy atom. The van der Waals surface area contributed by atoms with Gasteiger partial charge < -0.3 is 19.5 Å². The first-order valence-corrected chi connectivity index (χ1v) is 7.09. The molecule has 122 valence electrons. The molecule has 1 aliphatic rings. The van der Waals surface area contributed by atoms with Crippen molar-refractivity contribution in [1.82, 2.24) is 9.55 Å². The molecule has 1 amide bonds. The summed E-state index contributed by atoms with van der Waals surface area (Å²) < 4.78 is 18.1. The number of carbonyl (C=O) groups is 1. The molecule has 1 aromatic rings. The van der Waals surface area contributed by atoms with Crippen LogP contribution in [0.3, 0.4) is 0 Å². The van der Waals surface area contributed by atoms with Crippen LogP contribution in [0.4, 0.5) is 5.82 Å². The van der Waals surface area contributed by atoms with E-state index in [1.54, 1.807) is 20.3 Å². The molecule has 0 radical (unpaired) electrons. The molecule has 0 spiro atoms. The number of aromatic nitrogens is 2. The lowest BCUT2D eigenvalue weighted by Crippen LogP contribution is -2.38. The first kappa shape index (κ1) is 16.6. The average molecular weight is 311 g/mol. The van der Waals surface area contributed by atoms with Gasteiger partial charge in [-0.2, -0.15) is 4.98 Å². The highest BCUT2D eigenvalue weighted by Gasteiger charge is 2.45. The zero-order valence-electron chi connectivity index (χ0n) is 13.1. The second-order valence-corrected chi connectivity index (χ2v) is 5.06. The van der Waals surface area contributed by atoms with Gasteiger partial charge in [-0.15, -0.1) is 0 Å². The number of anilines is 1. The number of nitrogens with zero attached hydrogens (tertiary/aromatic N) is 2. The lowest BCUT2D eigenvalue weighted by atomic mass is 10.1. The van der Waals surface area contributed by atoms with Gasteiger partial charge in [-0.1, -0.05) is 6.92 Å². The number of hydrogen-bond acceptors (Lipinski definition) is 6. The van der Waals surface area contributed by atoms with Crippen LogP contribution in [0, 0.1) is 0 Å². The van der Waals surface area contributed by atoms with Crippen molar-refractivity contribution < 1.29 is 19.0 Å². The fourth-order valence-corrected chi connectivity index (χ4v) is 2.65. The van der Waals surface area contributed by atoms with Crippen LogP contribution in [0.5, 0.6) is 0 Å². The predicted octanol–water partition coefficient (Wildman–Crippen LogP) is 0.539. The van der Waals surface area contributed by atoms with Gasteiger partial charge in [0.25, 0.3) is 0 Å². The standard InChI is InChI=1S/C14H21N3O5/c1-5-9-11(20-3)12(21-4)13(22-9)17-7-6-10(15-8(2)18)16-14(17)19/h6-7,9,11-13H,5H2,1-4H3,(H,15,16,18,19)/t9-,11?,12+,13-/m1/s1. The van der Waals surface area contributed by atoms with E-state index in [1.807, 2.05) is 6.92 Å². The van der Waals surface area contributed by atoms with Gasteiger partial charge in [0.2, 0.25) is 5.91 Å². The molecule has 8 heteroatoms. The summed E-state index contributed by atoms with van der Waals surface area (Å²) in [6, 6.07) is 1.54. The van der Waals surface area contributed by atoms with E-state index in [2.05, 4.69) is 10.3 Å². The fraction of sp³-hybridized carbons (Fsp3) is 0.643. The maximum atomic E-state index is 12.2. The van der Waals surface area contributed by atoms with E-state index >= 15 is 0 Å². The van der Waals surface area contributed by atoms with Crippen LogP contribution in [0.2, 0.25) is 0 Å². The van der Waals surface area contributed by atoms with Crippen molar-refractivity contribution >= 4 is 11.7 Å². The van der Waals surface area contributed by atoms with Gasteiger partial charge in [0, 0.05) is 27.3 Å². The van der Waals surface area contributed by atoms with Gasteiger partial charge in [0.15, 0.2) is 6.23 Å². The largest absolute Gasteiger partial charge is 0.376 e. The third-order valence-corrected chi connectivity index (χ3v) is 3.64. The van der Waals surface area contributed by atoms with Gasteiger partial charge in [0.05, 0.1) is 6.10 Å². The highest BCUT2D eigenvalue weighted by atomic mass is 16.6. The van der Waals surface area contributed by atoms with Crippen LogP contribution in [0.1, 0.15) is 26.5 Å². The molecule has 1 N–H and O–H groups in total. The minimum Gasteiger partial charge on any atom is -0.376 e. The Hall–Kier alpha value is -1.77. The average Bonchev–Trinajstić information content (AvgIpc) is 2.84. The van der Waals surface area contributed by atoms with Gasteiger partial charge >= 0.3 is 5.69 Å². The van der Waals surface area contributed by atoms with Gasteiger partial charge in [-0.05, 0) is 12.5 Å². The molecule has 8 nitrogen and oxygen atoms in total. The fourth-order valence-electron chi connectivity index (χ4n) is 2.65. The zero-order chi connectivity index (χ0) is 16.3. The van der Waals surface area contributed by atoms with Gasteiger partial charge in [-0.3, -0.25) is 9.36 Å². The number of hydrogen-bond donors (Lipinski definition) is 1. The van der Waals surface area contributed by atoms with E-state index < -0.39 is 18.0 Å². The number of rotatable bonds is 5. The Balaban J connectivity index is 2.30. The van der Waals surface area contributed by atoms with Crippen molar-refractivity contribution in [2.75, 3.05) is 19.5 Å². The molecule has 1 aliphatic heterocycles. The van der Waals surface area contributed by atoms with Crippen molar-refractivity contribution in [1.29, 1.82) is 0 Å². The summed E-state index contributed by atoms with van der Waals surface area (Å²) in [4.78, 5) is 27.0. The molecule has 0 saturated carbocycles. The molecule has 2 heterocycles. The van der Waals surface area contributed by atoms with Crippen molar-refractivity contribution in [3.63, 3.8) is 0 Å². The van der Waals surface area contributed by atoms with Crippen molar-refractivity contribution in [3.05, 3.63) is 22.7 Å². The quantitative estimate of drug-likeness (QED) is 0.853. The molecule has 22 heavy (non-hydrogen) atoms. The number of amides is 1. The Labute approximate surface area is 128 Å². The molecular weight excluding hydrogens is 290 g/mol. The third kappa shape index (κ3) is 3.18. The number of nitrogens with one attached hydrogen (secondary N) is 1. The third-order valence-electron chi connectivity index (χ3n) is 3.64. The van der Waals surface area contributed by atoms with E-state index in [0.29, 0.717) is 0 Å². The zero-order valence-corrected chi connectivity index (χ0v) is 13.1. The molecule has 0 bridgehead atoms. The first-order valence-electron chi connectivity index (χ1n) is 7.09. The van der Waals surface area contributed by atoms with Crippen LogP contribution in [-0.2, 0) is 19.0 Å². The Morgan fingerprint density at radius 3 is 2.59 bits per heavy atom. The molecule has 4 atom stereocenters. The summed E-state index contributed by atoms with van der Waals surface area (Å²) in [6.07, 6.45) is 0.805. The number of methoxy groups -OCH3 is 2. The molecule has 1 unspecified atom stereocenters. The van der Waals surface area contributed by atoms with Crippen molar-refractivity contribution in [2.45, 2.75) is 44.8 Å². The minimum atomic E-state index is -0.619. The smallest absolute Gasteiger partial charge is 0.351 e. The van der Waals surface area contributed by atoms with Gasteiger partial charge in [-0.25, -0.2) is 4.79 Å². The Kier molecular flexibility index (Phi) is 5.28. The highest BCUT2D eigenvalue weighted by molar-refractivity contribution is 5.87. The van der Waals surface area contributed by atoms with Crippen molar-refractivity contribution in [3.8, 4) is 0 Å². The van der Waals surface area contributed by atoms with Crippen LogP contribution in [0.25, 0.3) is 0 Å². The van der Waals surface area contributed by atoms with E-state index in [9.17, 15) is 9.59 Å². The van der Waals surface area contributed by atoms with E-state index in [0.717, 1.165) is 6.42 Å². The summed E-state index contributed by atoms with van der Waals surface area (Å²) in [5, 5.41) is 2.47. The summed E-state index contributed by atoms with van der Waals surface area (Å²) in [5.74, 6) is -0.0851. The van der Waals surface area contributed by atoms with E-state index in [-0.39, 0.29) is 23.9 Å². The molecule has 0 aliphatic carbocycles. The lowest BCUT2D eigenvalue weighted by Gasteiger charge is -2.22. The molecule has 1 fully saturated rings. The topological polar surface area (TPSA) is 91.7 Å². The maximum Gasteiger partial charge on any atom is 0.351 e. The second kappa shape index (κ2) is 6.99. The predicted molar refractivity (Wildman–Crippen MR) is 78.6 cm³/mol. The molecule has 2 rings (SSSR count). The minimum absolute atomic E-state index is 0.165. The van der Waals surface area contributed by atoms with E-state index in [4.69, 9.17) is 14.2 Å². The Bertz CT molecular complexity index is 588. The highest BCUT2D eigenvalue weighted by Crippen LogP contribution is 2.33. The van der Waals surface area contributed by atoms with Gasteiger partial charge in [0.1, 0.15) is 18.0 Å². The summed E-state index contributed by atoms with van der Waals surface area (Å²) >= 11 is 0. The monoisotopic (exact) mass is 311 g/mol.